The smallest absolute Gasteiger partial charge is 0.250 e. The van der Waals surface area contributed by atoms with Crippen molar-refractivity contribution in [2.75, 3.05) is 6.61 Å². The van der Waals surface area contributed by atoms with Gasteiger partial charge in [-0.05, 0) is 54.4 Å². The lowest BCUT2D eigenvalue weighted by Gasteiger charge is -2.40. The Hall–Kier alpha value is -0.129. The Morgan fingerprint density at radius 1 is 0.677 bits per heavy atom. The van der Waals surface area contributed by atoms with Crippen LogP contribution in [0.5, 0.6) is 0 Å². The van der Waals surface area contributed by atoms with Crippen molar-refractivity contribution in [3.05, 3.63) is 11.5 Å². The summed E-state index contributed by atoms with van der Waals surface area (Å²) in [6, 6.07) is 0. The van der Waals surface area contributed by atoms with Crippen LogP contribution in [-0.2, 0) is 18.0 Å². The molecule has 184 valence electrons. The fraction of sp³-hybridized carbons (Fsp3) is 0.913. The quantitative estimate of drug-likeness (QED) is 0.390. The molecule has 31 heavy (non-hydrogen) atoms. The van der Waals surface area contributed by atoms with Crippen molar-refractivity contribution in [2.24, 2.45) is 0 Å². The van der Waals surface area contributed by atoms with Gasteiger partial charge in [-0.15, -0.1) is 0 Å². The van der Waals surface area contributed by atoms with E-state index < -0.39 is 37.3 Å². The minimum atomic E-state index is -2.19. The Labute approximate surface area is 195 Å². The van der Waals surface area contributed by atoms with Gasteiger partial charge in [-0.25, -0.2) is 0 Å². The summed E-state index contributed by atoms with van der Waals surface area (Å²) < 4.78 is 25.8. The standard InChI is InChI=1S/C23H50O5Si3/c1-21(2,3)29(10,11)25-16-17-18(27-30(12,13)22(4,5)6)19(20(24)26-17)28-31(14,15)23(7,8)9/h17,20,24H,16H2,1-15H3/t17-,20?/m0/s1. The summed E-state index contributed by atoms with van der Waals surface area (Å²) in [5, 5.41) is 11.0. The van der Waals surface area contributed by atoms with E-state index in [2.05, 4.69) is 102 Å². The van der Waals surface area contributed by atoms with Crippen molar-refractivity contribution in [3.63, 3.8) is 0 Å². The molecule has 1 unspecified atom stereocenters. The zero-order chi connectivity index (χ0) is 24.8. The van der Waals surface area contributed by atoms with E-state index in [0.29, 0.717) is 18.1 Å². The lowest BCUT2D eigenvalue weighted by atomic mass is 10.2. The highest BCUT2D eigenvalue weighted by atomic mass is 28.4. The van der Waals surface area contributed by atoms with Gasteiger partial charge in [0.2, 0.25) is 22.9 Å². The monoisotopic (exact) mass is 490 g/mol. The molecule has 0 aromatic rings. The second-order valence-electron chi connectivity index (χ2n) is 13.5. The zero-order valence-electron chi connectivity index (χ0n) is 22.9. The first-order chi connectivity index (χ1) is 13.4. The largest absolute Gasteiger partial charge is 0.542 e. The van der Waals surface area contributed by atoms with E-state index in [9.17, 15) is 5.11 Å². The third-order valence-corrected chi connectivity index (χ3v) is 21.0. The summed E-state index contributed by atoms with van der Waals surface area (Å²) in [5.41, 5.74) is 0. The molecular formula is C23H50O5Si3. The van der Waals surface area contributed by atoms with Gasteiger partial charge in [0.15, 0.2) is 19.8 Å². The molecule has 2 atom stereocenters. The minimum Gasteiger partial charge on any atom is -0.542 e. The number of hydrogen-bond donors (Lipinski definition) is 1. The van der Waals surface area contributed by atoms with Crippen LogP contribution in [0.3, 0.4) is 0 Å². The van der Waals surface area contributed by atoms with E-state index in [-0.39, 0.29) is 15.1 Å². The van der Waals surface area contributed by atoms with Crippen molar-refractivity contribution in [3.8, 4) is 0 Å². The van der Waals surface area contributed by atoms with Crippen molar-refractivity contribution in [2.45, 2.75) is 129 Å². The first-order valence-corrected chi connectivity index (χ1v) is 20.2. The van der Waals surface area contributed by atoms with Crippen LogP contribution in [0.2, 0.25) is 54.4 Å². The second-order valence-corrected chi connectivity index (χ2v) is 27.8. The third-order valence-electron chi connectivity index (χ3n) is 7.80. The van der Waals surface area contributed by atoms with Crippen LogP contribution in [0.15, 0.2) is 11.5 Å². The maximum Gasteiger partial charge on any atom is 0.250 e. The number of aliphatic hydroxyl groups excluding tert-OH is 1. The van der Waals surface area contributed by atoms with Crippen LogP contribution in [0.4, 0.5) is 0 Å². The van der Waals surface area contributed by atoms with Gasteiger partial charge in [0.05, 0.1) is 6.61 Å². The fourth-order valence-electron chi connectivity index (χ4n) is 2.25. The van der Waals surface area contributed by atoms with Gasteiger partial charge in [0.1, 0.15) is 6.10 Å². The molecule has 0 saturated heterocycles. The van der Waals surface area contributed by atoms with Crippen molar-refractivity contribution in [1.29, 1.82) is 0 Å². The molecule has 0 bridgehead atoms. The predicted octanol–water partition coefficient (Wildman–Crippen LogP) is 6.98. The molecule has 0 spiro atoms. The number of hydrogen-bond acceptors (Lipinski definition) is 5. The molecule has 0 radical (unpaired) electrons. The topological polar surface area (TPSA) is 57.2 Å². The van der Waals surface area contributed by atoms with E-state index in [0.717, 1.165) is 0 Å². The summed E-state index contributed by atoms with van der Waals surface area (Å²) in [7, 11) is -6.34. The maximum atomic E-state index is 10.9. The minimum absolute atomic E-state index is 0.00245. The van der Waals surface area contributed by atoms with Crippen LogP contribution in [0.1, 0.15) is 62.3 Å². The molecule has 1 rings (SSSR count). The lowest BCUT2D eigenvalue weighted by molar-refractivity contribution is -0.106. The molecule has 0 amide bonds. The highest BCUT2D eigenvalue weighted by Gasteiger charge is 2.49. The molecule has 1 heterocycles. The van der Waals surface area contributed by atoms with Crippen LogP contribution < -0.4 is 0 Å². The van der Waals surface area contributed by atoms with Crippen LogP contribution in [-0.4, -0.2) is 49.1 Å². The van der Waals surface area contributed by atoms with Crippen molar-refractivity contribution < 1.29 is 23.1 Å². The predicted molar refractivity (Wildman–Crippen MR) is 138 cm³/mol. The molecule has 0 aromatic heterocycles. The Morgan fingerprint density at radius 3 is 1.39 bits per heavy atom. The molecule has 8 heteroatoms. The van der Waals surface area contributed by atoms with Crippen LogP contribution >= 0.6 is 0 Å². The van der Waals surface area contributed by atoms with E-state index in [4.69, 9.17) is 18.0 Å². The summed E-state index contributed by atoms with van der Waals surface area (Å²) in [6.45, 7) is 33.4. The summed E-state index contributed by atoms with van der Waals surface area (Å²) >= 11 is 0. The van der Waals surface area contributed by atoms with E-state index >= 15 is 0 Å². The third kappa shape index (κ3) is 6.69. The number of aliphatic hydroxyl groups is 1. The maximum absolute atomic E-state index is 10.9. The van der Waals surface area contributed by atoms with Crippen LogP contribution in [0.25, 0.3) is 0 Å². The van der Waals surface area contributed by atoms with Gasteiger partial charge >= 0.3 is 0 Å². The second kappa shape index (κ2) is 8.91. The van der Waals surface area contributed by atoms with Gasteiger partial charge < -0.3 is 23.1 Å². The highest BCUT2D eigenvalue weighted by molar-refractivity contribution is 6.75. The normalized spacial score (nSPS) is 22.2. The van der Waals surface area contributed by atoms with Crippen LogP contribution in [0, 0.1) is 0 Å². The summed E-state index contributed by atoms with van der Waals surface area (Å²) in [4.78, 5) is 0. The molecule has 1 N–H and O–H groups in total. The van der Waals surface area contributed by atoms with Gasteiger partial charge in [0, 0.05) is 0 Å². The zero-order valence-corrected chi connectivity index (χ0v) is 25.9. The van der Waals surface area contributed by atoms with Gasteiger partial charge in [-0.2, -0.15) is 0 Å². The number of ether oxygens (including phenoxy) is 1. The van der Waals surface area contributed by atoms with E-state index in [1.807, 2.05) is 0 Å². The Kier molecular flexibility index (Phi) is 8.30. The molecular weight excluding hydrogens is 441 g/mol. The molecule has 0 aliphatic carbocycles. The first kappa shape index (κ1) is 28.9. The van der Waals surface area contributed by atoms with E-state index in [1.54, 1.807) is 0 Å². The Morgan fingerprint density at radius 2 is 1.03 bits per heavy atom. The van der Waals surface area contributed by atoms with E-state index in [1.165, 1.54) is 0 Å². The first-order valence-electron chi connectivity index (χ1n) is 11.5. The molecule has 1 aliphatic heterocycles. The Bertz CT molecular complexity index is 664. The number of rotatable bonds is 7. The van der Waals surface area contributed by atoms with Gasteiger partial charge in [-0.1, -0.05) is 62.3 Å². The average Bonchev–Trinajstić information content (AvgIpc) is 2.77. The SMILES string of the molecule is CC(C)(C)[Si](C)(C)OC[C@@H]1OC(O)C(O[Si](C)(C)C(C)(C)C)=C1O[Si](C)(C)C(C)(C)C. The average molecular weight is 491 g/mol. The molecule has 0 aromatic carbocycles. The van der Waals surface area contributed by atoms with Gasteiger partial charge in [-0.3, -0.25) is 0 Å². The van der Waals surface area contributed by atoms with Crippen molar-refractivity contribution in [1.82, 2.24) is 0 Å². The van der Waals surface area contributed by atoms with Gasteiger partial charge in [0.25, 0.3) is 0 Å². The Balaban J connectivity index is 3.37. The summed E-state index contributed by atoms with van der Waals surface area (Å²) in [6.07, 6.45) is -1.58. The highest BCUT2D eigenvalue weighted by Crippen LogP contribution is 2.45. The molecule has 0 fully saturated rings. The fourth-order valence-corrected chi connectivity index (χ4v) is 5.39. The molecule has 1 aliphatic rings. The summed E-state index contributed by atoms with van der Waals surface area (Å²) in [5.74, 6) is 1.10. The molecule has 5 nitrogen and oxygen atoms in total. The van der Waals surface area contributed by atoms with Crippen molar-refractivity contribution >= 4 is 25.0 Å². The molecule has 0 saturated carbocycles. The lowest BCUT2D eigenvalue weighted by Crippen LogP contribution is -2.45.